The molecule has 0 aliphatic carbocycles. The number of fused-ring (bicyclic) bond motifs is 1. The zero-order valence-corrected chi connectivity index (χ0v) is 11.8. The summed E-state index contributed by atoms with van der Waals surface area (Å²) >= 11 is 0. The Morgan fingerprint density at radius 1 is 1.24 bits per heavy atom. The molecule has 1 N–H and O–H groups in total. The van der Waals surface area contributed by atoms with Crippen LogP contribution in [-0.4, -0.2) is 11.7 Å². The van der Waals surface area contributed by atoms with Crippen LogP contribution in [0.15, 0.2) is 42.5 Å². The Labute approximate surface area is 122 Å². The average molecular weight is 288 g/mol. The summed E-state index contributed by atoms with van der Waals surface area (Å²) in [5.41, 5.74) is 1.58. The highest BCUT2D eigenvalue weighted by Crippen LogP contribution is 2.41. The van der Waals surface area contributed by atoms with Gasteiger partial charge in [0.15, 0.2) is 0 Å². The van der Waals surface area contributed by atoms with Crippen molar-refractivity contribution >= 4 is 0 Å². The lowest BCUT2D eigenvalue weighted by atomic mass is 9.95. The van der Waals surface area contributed by atoms with E-state index in [0.29, 0.717) is 24.3 Å². The normalized spacial score (nSPS) is 20.5. The van der Waals surface area contributed by atoms with E-state index in [1.807, 2.05) is 31.2 Å². The molecule has 1 heterocycles. The lowest BCUT2D eigenvalue weighted by Gasteiger charge is -2.30. The molecule has 0 saturated carbocycles. The van der Waals surface area contributed by atoms with E-state index in [-0.39, 0.29) is 11.9 Å². The summed E-state index contributed by atoms with van der Waals surface area (Å²) in [5.74, 6) is 0.838. The number of benzene rings is 2. The van der Waals surface area contributed by atoms with E-state index in [2.05, 4.69) is 0 Å². The molecule has 0 amide bonds. The van der Waals surface area contributed by atoms with Crippen LogP contribution in [0, 0.1) is 5.82 Å². The fourth-order valence-corrected chi connectivity index (χ4v) is 2.57. The maximum absolute atomic E-state index is 13.3. The first-order valence-electron chi connectivity index (χ1n) is 7.04. The lowest BCUT2D eigenvalue weighted by molar-refractivity contribution is 0.0653. The van der Waals surface area contributed by atoms with Crippen LogP contribution in [0.1, 0.15) is 36.7 Å². The van der Waals surface area contributed by atoms with E-state index in [9.17, 15) is 9.50 Å². The summed E-state index contributed by atoms with van der Waals surface area (Å²) in [4.78, 5) is 0. The Hall–Kier alpha value is -2.07. The first kappa shape index (κ1) is 13.9. The first-order chi connectivity index (χ1) is 10.2. The molecule has 0 saturated heterocycles. The number of ether oxygens (including phenoxy) is 2. The molecule has 1 aliphatic rings. The molecule has 1 aliphatic heterocycles. The highest BCUT2D eigenvalue weighted by molar-refractivity contribution is 5.39. The fraction of sp³-hybridized carbons (Fsp3) is 0.294. The smallest absolute Gasteiger partial charge is 0.128 e. The topological polar surface area (TPSA) is 38.7 Å². The van der Waals surface area contributed by atoms with Crippen LogP contribution in [0.25, 0.3) is 0 Å². The van der Waals surface area contributed by atoms with Crippen molar-refractivity contribution in [2.24, 2.45) is 0 Å². The molecule has 1 unspecified atom stereocenters. The van der Waals surface area contributed by atoms with Crippen molar-refractivity contribution in [3.63, 3.8) is 0 Å². The van der Waals surface area contributed by atoms with Crippen molar-refractivity contribution < 1.29 is 19.0 Å². The molecule has 3 nitrogen and oxygen atoms in total. The molecule has 3 rings (SSSR count). The zero-order chi connectivity index (χ0) is 14.8. The molecule has 110 valence electrons. The number of hydrogen-bond acceptors (Lipinski definition) is 3. The van der Waals surface area contributed by atoms with Gasteiger partial charge >= 0.3 is 0 Å². The molecule has 0 radical (unpaired) electrons. The van der Waals surface area contributed by atoms with Crippen molar-refractivity contribution in [3.8, 4) is 11.5 Å². The summed E-state index contributed by atoms with van der Waals surface area (Å²) in [6.45, 7) is 2.55. The number of aliphatic hydroxyl groups excluding tert-OH is 1. The van der Waals surface area contributed by atoms with Gasteiger partial charge in [0, 0.05) is 18.1 Å². The number of aliphatic hydroxyl groups is 1. The van der Waals surface area contributed by atoms with E-state index in [1.165, 1.54) is 12.1 Å². The zero-order valence-electron chi connectivity index (χ0n) is 11.8. The Morgan fingerprint density at radius 2 is 2.00 bits per heavy atom. The van der Waals surface area contributed by atoms with Crippen LogP contribution in [-0.2, 0) is 0 Å². The standard InChI is InChI=1S/C17H17FO3/c1-2-20-13-6-3-11(4-7-13)16-10-15(19)14-8-5-12(18)9-17(14)21-16/h3-9,15-16,19H,2,10H2,1H3/t15-,16?/m0/s1. The van der Waals surface area contributed by atoms with Crippen molar-refractivity contribution in [3.05, 3.63) is 59.4 Å². The molecule has 0 bridgehead atoms. The van der Waals surface area contributed by atoms with Crippen molar-refractivity contribution in [1.29, 1.82) is 0 Å². The average Bonchev–Trinajstić information content (AvgIpc) is 2.48. The molecule has 0 spiro atoms. The quantitative estimate of drug-likeness (QED) is 0.934. The third-order valence-corrected chi connectivity index (χ3v) is 3.60. The maximum Gasteiger partial charge on any atom is 0.128 e. The number of halogens is 1. The third kappa shape index (κ3) is 2.85. The Kier molecular flexibility index (Phi) is 3.80. The third-order valence-electron chi connectivity index (χ3n) is 3.60. The van der Waals surface area contributed by atoms with Gasteiger partial charge in [-0.2, -0.15) is 0 Å². The van der Waals surface area contributed by atoms with Gasteiger partial charge in [-0.05, 0) is 36.8 Å². The summed E-state index contributed by atoms with van der Waals surface area (Å²) in [5, 5.41) is 10.2. The van der Waals surface area contributed by atoms with Crippen molar-refractivity contribution in [1.82, 2.24) is 0 Å². The van der Waals surface area contributed by atoms with Crippen LogP contribution >= 0.6 is 0 Å². The second-order valence-electron chi connectivity index (χ2n) is 5.04. The van der Waals surface area contributed by atoms with E-state index in [4.69, 9.17) is 9.47 Å². The minimum atomic E-state index is -0.647. The largest absolute Gasteiger partial charge is 0.494 e. The van der Waals surface area contributed by atoms with Gasteiger partial charge in [-0.15, -0.1) is 0 Å². The Balaban J connectivity index is 1.84. The van der Waals surface area contributed by atoms with E-state index < -0.39 is 6.10 Å². The van der Waals surface area contributed by atoms with E-state index >= 15 is 0 Å². The molecule has 2 atom stereocenters. The van der Waals surface area contributed by atoms with Crippen LogP contribution in [0.3, 0.4) is 0 Å². The molecule has 2 aromatic rings. The van der Waals surface area contributed by atoms with Gasteiger partial charge in [0.2, 0.25) is 0 Å². The predicted octanol–water partition coefficient (Wildman–Crippen LogP) is 3.78. The molecule has 4 heteroatoms. The van der Waals surface area contributed by atoms with Crippen LogP contribution in [0.5, 0.6) is 11.5 Å². The van der Waals surface area contributed by atoms with Gasteiger partial charge < -0.3 is 14.6 Å². The molecule has 2 aromatic carbocycles. The van der Waals surface area contributed by atoms with E-state index in [0.717, 1.165) is 11.3 Å². The highest BCUT2D eigenvalue weighted by atomic mass is 19.1. The summed E-state index contributed by atoms with van der Waals surface area (Å²) in [7, 11) is 0. The van der Waals surface area contributed by atoms with E-state index in [1.54, 1.807) is 6.07 Å². The van der Waals surface area contributed by atoms with Gasteiger partial charge in [0.25, 0.3) is 0 Å². The van der Waals surface area contributed by atoms with Gasteiger partial charge in [-0.1, -0.05) is 12.1 Å². The van der Waals surface area contributed by atoms with Gasteiger partial charge in [-0.25, -0.2) is 4.39 Å². The van der Waals surface area contributed by atoms with Gasteiger partial charge in [0.05, 0.1) is 12.7 Å². The van der Waals surface area contributed by atoms with Crippen LogP contribution in [0.4, 0.5) is 4.39 Å². The van der Waals surface area contributed by atoms with Crippen molar-refractivity contribution in [2.45, 2.75) is 25.6 Å². The summed E-state index contributed by atoms with van der Waals surface area (Å²) in [6.07, 6.45) is -0.483. The molecular weight excluding hydrogens is 271 g/mol. The monoisotopic (exact) mass is 288 g/mol. The molecule has 0 fully saturated rings. The maximum atomic E-state index is 13.3. The minimum Gasteiger partial charge on any atom is -0.494 e. The predicted molar refractivity (Wildman–Crippen MR) is 77.0 cm³/mol. The molecule has 0 aromatic heterocycles. The lowest BCUT2D eigenvalue weighted by Crippen LogP contribution is -2.19. The van der Waals surface area contributed by atoms with Crippen molar-refractivity contribution in [2.75, 3.05) is 6.61 Å². The Morgan fingerprint density at radius 3 is 2.71 bits per heavy atom. The minimum absolute atomic E-state index is 0.287. The summed E-state index contributed by atoms with van der Waals surface area (Å²) < 4.78 is 24.5. The van der Waals surface area contributed by atoms with Crippen LogP contribution < -0.4 is 9.47 Å². The van der Waals surface area contributed by atoms with Gasteiger partial charge in [-0.3, -0.25) is 0 Å². The summed E-state index contributed by atoms with van der Waals surface area (Å²) in [6, 6.07) is 11.8. The first-order valence-corrected chi connectivity index (χ1v) is 7.04. The SMILES string of the molecule is CCOc1ccc(C2C[C@H](O)c3ccc(F)cc3O2)cc1. The molecular formula is C17H17FO3. The number of hydrogen-bond donors (Lipinski definition) is 1. The second-order valence-corrected chi connectivity index (χ2v) is 5.04. The number of rotatable bonds is 3. The second kappa shape index (κ2) is 5.74. The van der Waals surface area contributed by atoms with Crippen LogP contribution in [0.2, 0.25) is 0 Å². The Bertz CT molecular complexity index is 624. The van der Waals surface area contributed by atoms with Gasteiger partial charge in [0.1, 0.15) is 23.4 Å². The highest BCUT2D eigenvalue weighted by Gasteiger charge is 2.28. The molecule has 21 heavy (non-hydrogen) atoms. The fourth-order valence-electron chi connectivity index (χ4n) is 2.57.